The zero-order chi connectivity index (χ0) is 22.5. The Morgan fingerprint density at radius 1 is 1.03 bits per heavy atom. The lowest BCUT2D eigenvalue weighted by Crippen LogP contribution is -2.47. The van der Waals surface area contributed by atoms with Gasteiger partial charge in [-0.3, -0.25) is 19.1 Å². The molecule has 4 aromatic rings. The number of hydrogen-bond acceptors (Lipinski definition) is 7. The van der Waals surface area contributed by atoms with E-state index in [1.807, 2.05) is 42.0 Å². The van der Waals surface area contributed by atoms with Gasteiger partial charge < -0.3 is 10.0 Å². The lowest BCUT2D eigenvalue weighted by atomic mass is 10.2. The van der Waals surface area contributed by atoms with Gasteiger partial charge in [0, 0.05) is 50.9 Å². The zero-order valence-corrected chi connectivity index (χ0v) is 18.7. The monoisotopic (exact) mass is 445 g/mol. The van der Waals surface area contributed by atoms with E-state index in [0.717, 1.165) is 48.8 Å². The molecule has 0 spiro atoms. The third kappa shape index (κ3) is 3.77. The fourth-order valence-corrected chi connectivity index (χ4v) is 4.70. The molecule has 2 aliphatic rings. The average Bonchev–Trinajstić information content (AvgIpc) is 3.58. The third-order valence-electron chi connectivity index (χ3n) is 6.63. The van der Waals surface area contributed by atoms with E-state index >= 15 is 0 Å². The Balaban J connectivity index is 1.33. The molecular formula is C24H27N7O2. The van der Waals surface area contributed by atoms with Crippen molar-refractivity contribution in [2.45, 2.75) is 25.7 Å². The Morgan fingerprint density at radius 3 is 2.61 bits per heavy atom. The van der Waals surface area contributed by atoms with Gasteiger partial charge in [-0.2, -0.15) is 5.10 Å². The smallest absolute Gasteiger partial charge is 0.258 e. The first-order chi connectivity index (χ1) is 16.1. The van der Waals surface area contributed by atoms with Crippen molar-refractivity contribution in [2.75, 3.05) is 44.2 Å². The number of rotatable bonds is 5. The predicted molar refractivity (Wildman–Crippen MR) is 126 cm³/mol. The van der Waals surface area contributed by atoms with Crippen LogP contribution in [0.2, 0.25) is 0 Å². The highest BCUT2D eigenvalue weighted by atomic mass is 16.3. The lowest BCUT2D eigenvalue weighted by molar-refractivity contribution is 0.189. The molecule has 0 atom stereocenters. The number of aliphatic hydroxyl groups excluding tert-OH is 1. The molecule has 0 unspecified atom stereocenters. The molecule has 33 heavy (non-hydrogen) atoms. The van der Waals surface area contributed by atoms with Gasteiger partial charge in [-0.05, 0) is 38.0 Å². The first-order valence-electron chi connectivity index (χ1n) is 11.6. The number of aryl methyl sites for hydroxylation is 1. The van der Waals surface area contributed by atoms with Crippen LogP contribution in [0.3, 0.4) is 0 Å². The van der Waals surface area contributed by atoms with E-state index in [2.05, 4.69) is 9.80 Å². The molecule has 1 saturated heterocycles. The van der Waals surface area contributed by atoms with Crippen LogP contribution in [0.15, 0.2) is 41.5 Å². The Bertz CT molecular complexity index is 1400. The zero-order valence-electron chi connectivity index (χ0n) is 18.7. The topological polar surface area (TPSA) is 91.3 Å². The van der Waals surface area contributed by atoms with Crippen LogP contribution in [0, 0.1) is 6.92 Å². The van der Waals surface area contributed by atoms with Crippen LogP contribution in [-0.2, 0) is 0 Å². The number of hydrogen-bond donors (Lipinski definition) is 1. The molecule has 9 nitrogen and oxygen atoms in total. The van der Waals surface area contributed by atoms with Gasteiger partial charge in [0.05, 0.1) is 41.1 Å². The minimum Gasteiger partial charge on any atom is -0.395 e. The highest BCUT2D eigenvalue weighted by molar-refractivity contribution is 5.67. The van der Waals surface area contributed by atoms with Crippen LogP contribution in [-0.4, -0.2) is 73.3 Å². The van der Waals surface area contributed by atoms with E-state index < -0.39 is 0 Å². The van der Waals surface area contributed by atoms with E-state index in [-0.39, 0.29) is 12.2 Å². The number of anilines is 1. The quantitative estimate of drug-likeness (QED) is 0.500. The van der Waals surface area contributed by atoms with E-state index in [1.165, 1.54) is 12.8 Å². The van der Waals surface area contributed by atoms with Crippen molar-refractivity contribution in [3.63, 3.8) is 0 Å². The Labute approximate surface area is 190 Å². The van der Waals surface area contributed by atoms with Crippen molar-refractivity contribution in [1.29, 1.82) is 0 Å². The number of nitrogens with zero attached hydrogens (tertiary/aromatic N) is 7. The average molecular weight is 446 g/mol. The summed E-state index contributed by atoms with van der Waals surface area (Å²) in [6, 6.07) is 7.49. The van der Waals surface area contributed by atoms with Crippen molar-refractivity contribution in [1.82, 2.24) is 28.9 Å². The summed E-state index contributed by atoms with van der Waals surface area (Å²) in [5.41, 5.74) is 5.78. The van der Waals surface area contributed by atoms with Gasteiger partial charge in [-0.25, -0.2) is 9.50 Å². The maximum absolute atomic E-state index is 13.0. The molecule has 6 rings (SSSR count). The number of pyridine rings is 1. The van der Waals surface area contributed by atoms with Gasteiger partial charge in [-0.1, -0.05) is 0 Å². The van der Waals surface area contributed by atoms with Gasteiger partial charge in [0.1, 0.15) is 11.3 Å². The second-order valence-electron chi connectivity index (χ2n) is 9.05. The largest absolute Gasteiger partial charge is 0.395 e. The predicted octanol–water partition coefficient (Wildman–Crippen LogP) is 1.70. The molecule has 5 heterocycles. The van der Waals surface area contributed by atoms with Crippen LogP contribution < -0.4 is 10.5 Å². The molecule has 4 aromatic heterocycles. The SMILES string of the molecule is Cc1cn2nc(-c3cc(=O)n4cc(N5CCN(CCO)CC5)ccc4n3)cc2c(C2CC2)n1. The molecule has 9 heteroatoms. The molecular weight excluding hydrogens is 418 g/mol. The van der Waals surface area contributed by atoms with E-state index in [0.29, 0.717) is 29.5 Å². The minimum atomic E-state index is -0.121. The summed E-state index contributed by atoms with van der Waals surface area (Å²) < 4.78 is 3.48. The van der Waals surface area contributed by atoms with Gasteiger partial charge in [-0.15, -0.1) is 0 Å². The maximum Gasteiger partial charge on any atom is 0.258 e. The van der Waals surface area contributed by atoms with Crippen molar-refractivity contribution >= 4 is 16.9 Å². The number of piperazine rings is 1. The second-order valence-corrected chi connectivity index (χ2v) is 9.05. The van der Waals surface area contributed by atoms with E-state index in [4.69, 9.17) is 20.2 Å². The molecule has 0 bridgehead atoms. The van der Waals surface area contributed by atoms with Crippen molar-refractivity contribution in [3.05, 3.63) is 58.4 Å². The maximum atomic E-state index is 13.0. The number of β-amino-alcohol motifs (C(OH)–C–C–N with tert-alkyl or cyclic N) is 1. The molecule has 0 amide bonds. The van der Waals surface area contributed by atoms with Crippen molar-refractivity contribution < 1.29 is 5.11 Å². The molecule has 2 fully saturated rings. The lowest BCUT2D eigenvalue weighted by Gasteiger charge is -2.35. The van der Waals surface area contributed by atoms with E-state index in [1.54, 1.807) is 10.5 Å². The summed E-state index contributed by atoms with van der Waals surface area (Å²) in [6.07, 6.45) is 6.13. The Morgan fingerprint density at radius 2 is 1.85 bits per heavy atom. The standard InChI is InChI=1S/C24H27N7O2/c1-16-14-31-21(24(25-16)17-2-3-17)12-20(27-31)19-13-23(33)30-15-18(4-5-22(30)26-19)29-8-6-28(7-9-29)10-11-32/h4-5,12-15,17,32H,2-3,6-11H2,1H3. The molecule has 0 aromatic carbocycles. The molecule has 1 N–H and O–H groups in total. The molecule has 170 valence electrons. The van der Waals surface area contributed by atoms with Gasteiger partial charge in [0.2, 0.25) is 0 Å². The highest BCUT2D eigenvalue weighted by Crippen LogP contribution is 2.41. The summed E-state index contributed by atoms with van der Waals surface area (Å²) >= 11 is 0. The van der Waals surface area contributed by atoms with Gasteiger partial charge >= 0.3 is 0 Å². The summed E-state index contributed by atoms with van der Waals surface area (Å²) in [7, 11) is 0. The highest BCUT2D eigenvalue weighted by Gasteiger charge is 2.28. The first kappa shape index (κ1) is 20.3. The fraction of sp³-hybridized carbons (Fsp3) is 0.417. The number of aliphatic hydroxyl groups is 1. The molecule has 1 aliphatic carbocycles. The Hall–Kier alpha value is -3.30. The van der Waals surface area contributed by atoms with Gasteiger partial charge in [0.15, 0.2) is 0 Å². The van der Waals surface area contributed by atoms with Crippen LogP contribution in [0.5, 0.6) is 0 Å². The molecule has 1 saturated carbocycles. The first-order valence-corrected chi connectivity index (χ1v) is 11.6. The second kappa shape index (κ2) is 7.93. The minimum absolute atomic E-state index is 0.121. The summed E-state index contributed by atoms with van der Waals surface area (Å²) in [4.78, 5) is 27.0. The number of fused-ring (bicyclic) bond motifs is 2. The van der Waals surface area contributed by atoms with Crippen LogP contribution in [0.4, 0.5) is 5.69 Å². The summed E-state index contributed by atoms with van der Waals surface area (Å²) in [6.45, 7) is 6.40. The van der Waals surface area contributed by atoms with E-state index in [9.17, 15) is 4.79 Å². The van der Waals surface area contributed by atoms with Crippen LogP contribution in [0.1, 0.15) is 30.1 Å². The Kier molecular flexibility index (Phi) is 4.88. The molecule has 1 aliphatic heterocycles. The van der Waals surface area contributed by atoms with Crippen LogP contribution in [0.25, 0.3) is 22.6 Å². The van der Waals surface area contributed by atoms with Crippen molar-refractivity contribution in [2.24, 2.45) is 0 Å². The van der Waals surface area contributed by atoms with Crippen LogP contribution >= 0.6 is 0 Å². The fourth-order valence-electron chi connectivity index (χ4n) is 4.70. The normalized spacial score (nSPS) is 17.3. The summed E-state index contributed by atoms with van der Waals surface area (Å²) in [5.74, 6) is 0.510. The third-order valence-corrected chi connectivity index (χ3v) is 6.63. The molecule has 0 radical (unpaired) electrons. The number of aromatic nitrogens is 5. The van der Waals surface area contributed by atoms with Gasteiger partial charge in [0.25, 0.3) is 5.56 Å². The van der Waals surface area contributed by atoms with Crippen molar-refractivity contribution in [3.8, 4) is 11.4 Å². The summed E-state index contributed by atoms with van der Waals surface area (Å²) in [5, 5.41) is 13.9.